The Morgan fingerprint density at radius 3 is 2.40 bits per heavy atom. The Kier molecular flexibility index (Phi) is 5.64. The molecule has 0 saturated heterocycles. The van der Waals surface area contributed by atoms with Gasteiger partial charge in [-0.25, -0.2) is 4.39 Å². The molecular weight excluding hydrogens is 453 g/mol. The number of benzene rings is 3. The van der Waals surface area contributed by atoms with Gasteiger partial charge in [0.2, 0.25) is 5.76 Å². The van der Waals surface area contributed by atoms with E-state index in [9.17, 15) is 14.0 Å². The molecule has 0 spiro atoms. The fourth-order valence-corrected chi connectivity index (χ4v) is 4.40. The van der Waals surface area contributed by atoms with Crippen LogP contribution in [-0.4, -0.2) is 26.7 Å². The first-order valence-electron chi connectivity index (χ1n) is 11.0. The van der Waals surface area contributed by atoms with E-state index >= 15 is 0 Å². The minimum absolute atomic E-state index is 0.0658. The lowest BCUT2D eigenvalue weighted by atomic mass is 9.97. The van der Waals surface area contributed by atoms with Crippen LogP contribution >= 0.6 is 0 Å². The Hall–Kier alpha value is -4.33. The van der Waals surface area contributed by atoms with Gasteiger partial charge in [-0.05, 0) is 67.1 Å². The number of carbonyl (C=O) groups is 1. The molecule has 0 N–H and O–H groups in total. The summed E-state index contributed by atoms with van der Waals surface area (Å²) in [5, 5.41) is 0.0658. The lowest BCUT2D eigenvalue weighted by Crippen LogP contribution is -2.29. The highest BCUT2D eigenvalue weighted by atomic mass is 19.1. The molecule has 8 heteroatoms. The van der Waals surface area contributed by atoms with E-state index in [0.717, 1.165) is 6.07 Å². The van der Waals surface area contributed by atoms with Crippen molar-refractivity contribution in [2.75, 3.05) is 25.7 Å². The Bertz CT molecular complexity index is 1490. The highest BCUT2D eigenvalue weighted by Gasteiger charge is 2.44. The molecule has 2 heterocycles. The van der Waals surface area contributed by atoms with E-state index in [1.807, 2.05) is 6.92 Å². The minimum atomic E-state index is -0.834. The van der Waals surface area contributed by atoms with Crippen LogP contribution < -0.4 is 24.5 Å². The summed E-state index contributed by atoms with van der Waals surface area (Å²) in [5.74, 6) is 0.477. The molecule has 1 aliphatic heterocycles. The number of methoxy groups -OCH3 is 2. The first kappa shape index (κ1) is 22.5. The predicted molar refractivity (Wildman–Crippen MR) is 128 cm³/mol. The van der Waals surface area contributed by atoms with Crippen LogP contribution in [0.3, 0.4) is 0 Å². The molecule has 0 fully saturated rings. The third kappa shape index (κ3) is 3.67. The van der Waals surface area contributed by atoms with Crippen LogP contribution in [0.1, 0.15) is 34.6 Å². The molecule has 7 nitrogen and oxygen atoms in total. The maximum absolute atomic E-state index is 14.0. The van der Waals surface area contributed by atoms with E-state index in [4.69, 9.17) is 18.6 Å². The molecule has 3 aromatic carbocycles. The van der Waals surface area contributed by atoms with Gasteiger partial charge >= 0.3 is 0 Å². The van der Waals surface area contributed by atoms with Crippen molar-refractivity contribution < 1.29 is 27.8 Å². The summed E-state index contributed by atoms with van der Waals surface area (Å²) in [6.07, 6.45) is 0. The number of hydrogen-bond donors (Lipinski definition) is 0. The van der Waals surface area contributed by atoms with Gasteiger partial charge in [0.25, 0.3) is 5.91 Å². The van der Waals surface area contributed by atoms with Crippen LogP contribution in [0.15, 0.2) is 69.9 Å². The van der Waals surface area contributed by atoms with Crippen molar-refractivity contribution in [3.63, 3.8) is 0 Å². The fraction of sp³-hybridized carbons (Fsp3) is 0.185. The highest BCUT2D eigenvalue weighted by Crippen LogP contribution is 2.43. The molecule has 178 valence electrons. The van der Waals surface area contributed by atoms with Gasteiger partial charge in [0.05, 0.1) is 37.8 Å². The third-order valence-electron chi connectivity index (χ3n) is 5.99. The van der Waals surface area contributed by atoms with Crippen molar-refractivity contribution in [3.8, 4) is 17.2 Å². The van der Waals surface area contributed by atoms with Gasteiger partial charge in [0.1, 0.15) is 17.1 Å². The van der Waals surface area contributed by atoms with Gasteiger partial charge in [0.15, 0.2) is 16.9 Å². The number of anilines is 1. The van der Waals surface area contributed by atoms with Crippen molar-refractivity contribution in [1.29, 1.82) is 0 Å². The van der Waals surface area contributed by atoms with E-state index in [-0.39, 0.29) is 22.3 Å². The maximum atomic E-state index is 14.0. The highest BCUT2D eigenvalue weighted by molar-refractivity contribution is 6.10. The van der Waals surface area contributed by atoms with Crippen molar-refractivity contribution in [2.45, 2.75) is 13.0 Å². The number of hydrogen-bond acceptors (Lipinski definition) is 6. The first-order valence-corrected chi connectivity index (χ1v) is 11.0. The van der Waals surface area contributed by atoms with Crippen LogP contribution in [-0.2, 0) is 0 Å². The average molecular weight is 475 g/mol. The second-order valence-corrected chi connectivity index (χ2v) is 7.93. The smallest absolute Gasteiger partial charge is 0.295 e. The van der Waals surface area contributed by atoms with E-state index < -0.39 is 23.2 Å². The number of nitrogens with zero attached hydrogens (tertiary/aromatic N) is 1. The standard InChI is InChI=1S/C27H22FNO6/c1-4-34-21-11-5-15(13-22(21)33-3)24-23-25(30)19-14-16(28)6-12-20(19)35-26(23)27(31)29(24)17-7-9-18(32-2)10-8-17/h5-14,24H,4H2,1-3H3. The molecule has 0 aliphatic carbocycles. The number of amides is 1. The third-order valence-corrected chi connectivity index (χ3v) is 5.99. The van der Waals surface area contributed by atoms with Crippen molar-refractivity contribution in [2.24, 2.45) is 0 Å². The Balaban J connectivity index is 1.77. The minimum Gasteiger partial charge on any atom is -0.497 e. The molecule has 5 rings (SSSR count). The van der Waals surface area contributed by atoms with Crippen molar-refractivity contribution in [1.82, 2.24) is 0 Å². The SMILES string of the molecule is CCOc1ccc(C2c3c(oc4ccc(F)cc4c3=O)C(=O)N2c2ccc(OC)cc2)cc1OC. The molecule has 0 bridgehead atoms. The van der Waals surface area contributed by atoms with Crippen LogP contribution in [0.4, 0.5) is 10.1 Å². The summed E-state index contributed by atoms with van der Waals surface area (Å²) >= 11 is 0. The summed E-state index contributed by atoms with van der Waals surface area (Å²) in [6.45, 7) is 2.31. The molecule has 0 saturated carbocycles. The van der Waals surface area contributed by atoms with Crippen LogP contribution in [0.5, 0.6) is 17.2 Å². The van der Waals surface area contributed by atoms with E-state index in [0.29, 0.717) is 35.1 Å². The molecule has 1 atom stereocenters. The molecule has 1 unspecified atom stereocenters. The molecule has 35 heavy (non-hydrogen) atoms. The quantitative estimate of drug-likeness (QED) is 0.386. The van der Waals surface area contributed by atoms with E-state index in [1.165, 1.54) is 24.1 Å². The zero-order valence-corrected chi connectivity index (χ0v) is 19.3. The molecule has 1 aliphatic rings. The lowest BCUT2D eigenvalue weighted by Gasteiger charge is -2.26. The summed E-state index contributed by atoms with van der Waals surface area (Å²) in [4.78, 5) is 28.8. The molecule has 4 aromatic rings. The van der Waals surface area contributed by atoms with Gasteiger partial charge < -0.3 is 18.6 Å². The molecule has 1 amide bonds. The van der Waals surface area contributed by atoms with Gasteiger partial charge in [-0.1, -0.05) is 6.07 Å². The van der Waals surface area contributed by atoms with Gasteiger partial charge in [-0.15, -0.1) is 0 Å². The lowest BCUT2D eigenvalue weighted by molar-refractivity contribution is 0.0971. The number of ether oxygens (including phenoxy) is 3. The van der Waals surface area contributed by atoms with E-state index in [1.54, 1.807) is 49.6 Å². The predicted octanol–water partition coefficient (Wildman–Crippen LogP) is 5.10. The van der Waals surface area contributed by atoms with Crippen LogP contribution in [0.2, 0.25) is 0 Å². The van der Waals surface area contributed by atoms with Gasteiger partial charge in [-0.2, -0.15) is 0 Å². The van der Waals surface area contributed by atoms with Crippen LogP contribution in [0.25, 0.3) is 11.0 Å². The first-order chi connectivity index (χ1) is 17.0. The normalized spacial score (nSPS) is 14.8. The summed E-state index contributed by atoms with van der Waals surface area (Å²) in [7, 11) is 3.06. The van der Waals surface area contributed by atoms with Crippen LogP contribution in [0, 0.1) is 5.82 Å². The Labute approximate surface area is 200 Å². The van der Waals surface area contributed by atoms with Crippen molar-refractivity contribution in [3.05, 3.63) is 93.6 Å². The number of halogens is 1. The summed E-state index contributed by atoms with van der Waals surface area (Å²) in [6, 6.07) is 15.0. The molecule has 1 aromatic heterocycles. The Morgan fingerprint density at radius 1 is 0.943 bits per heavy atom. The number of carbonyl (C=O) groups excluding carboxylic acids is 1. The monoisotopic (exact) mass is 475 g/mol. The fourth-order valence-electron chi connectivity index (χ4n) is 4.40. The summed E-state index contributed by atoms with van der Waals surface area (Å²) < 4.78 is 36.2. The number of rotatable bonds is 6. The second kappa shape index (κ2) is 8.79. The summed E-state index contributed by atoms with van der Waals surface area (Å²) in [5.41, 5.74) is 0.951. The second-order valence-electron chi connectivity index (χ2n) is 7.93. The van der Waals surface area contributed by atoms with Crippen molar-refractivity contribution >= 4 is 22.6 Å². The topological polar surface area (TPSA) is 78.2 Å². The van der Waals surface area contributed by atoms with Gasteiger partial charge in [0, 0.05) is 5.69 Å². The largest absolute Gasteiger partial charge is 0.497 e. The number of fused-ring (bicyclic) bond motifs is 2. The molecule has 0 radical (unpaired) electrons. The van der Waals surface area contributed by atoms with Gasteiger partial charge in [-0.3, -0.25) is 14.5 Å². The maximum Gasteiger partial charge on any atom is 0.295 e. The average Bonchev–Trinajstić information content (AvgIpc) is 3.17. The molecular formula is C27H22FNO6. The van der Waals surface area contributed by atoms with E-state index in [2.05, 4.69) is 0 Å². The zero-order chi connectivity index (χ0) is 24.7. The Morgan fingerprint density at radius 2 is 1.71 bits per heavy atom. The zero-order valence-electron chi connectivity index (χ0n) is 19.3.